The molecule has 116 valence electrons. The molecule has 4 N–H and O–H groups in total. The van der Waals surface area contributed by atoms with Crippen LogP contribution < -0.4 is 10.5 Å². The summed E-state index contributed by atoms with van der Waals surface area (Å²) in [5.41, 5.74) is 0.818. The smallest absolute Gasteiger partial charge is 0.306 e. The lowest BCUT2D eigenvalue weighted by atomic mass is 9.86. The third-order valence-electron chi connectivity index (χ3n) is 3.85. The van der Waals surface area contributed by atoms with Crippen LogP contribution in [0.3, 0.4) is 0 Å². The van der Waals surface area contributed by atoms with Gasteiger partial charge in [-0.1, -0.05) is 18.6 Å². The summed E-state index contributed by atoms with van der Waals surface area (Å²) >= 11 is 0. The molecule has 1 fully saturated rings. The highest BCUT2D eigenvalue weighted by molar-refractivity contribution is 7.89. The minimum absolute atomic E-state index is 0.0915. The van der Waals surface area contributed by atoms with Gasteiger partial charge in [-0.25, -0.2) is 13.6 Å². The third kappa shape index (κ3) is 4.52. The molecule has 0 aliphatic heterocycles. The Bertz CT molecular complexity index is 615. The Hall–Kier alpha value is -1.44. The molecule has 1 aliphatic rings. The number of carbonyl (C=O) groups is 1. The molecule has 0 saturated heterocycles. The molecule has 0 heterocycles. The summed E-state index contributed by atoms with van der Waals surface area (Å²) < 4.78 is 22.6. The van der Waals surface area contributed by atoms with Crippen molar-refractivity contribution in [2.45, 2.75) is 43.2 Å². The third-order valence-corrected chi connectivity index (χ3v) is 4.76. The van der Waals surface area contributed by atoms with Crippen LogP contribution in [-0.4, -0.2) is 25.5 Å². The molecule has 0 bridgehead atoms. The fourth-order valence-corrected chi connectivity index (χ4v) is 3.28. The Balaban J connectivity index is 1.95. The van der Waals surface area contributed by atoms with Gasteiger partial charge in [0.2, 0.25) is 10.0 Å². The molecule has 21 heavy (non-hydrogen) atoms. The normalized spacial score (nSPS) is 22.9. The second-order valence-corrected chi connectivity index (χ2v) is 7.03. The van der Waals surface area contributed by atoms with Crippen LogP contribution in [0.15, 0.2) is 29.2 Å². The summed E-state index contributed by atoms with van der Waals surface area (Å²) in [5, 5.41) is 17.5. The molecular formula is C14H20N2O4S. The summed E-state index contributed by atoms with van der Waals surface area (Å²) in [6.07, 6.45) is 3.18. The predicted octanol–water partition coefficient (Wildman–Crippen LogP) is 1.07. The molecule has 2 unspecified atom stereocenters. The molecule has 1 aromatic rings. The van der Waals surface area contributed by atoms with E-state index in [0.29, 0.717) is 13.0 Å². The van der Waals surface area contributed by atoms with Crippen LogP contribution >= 0.6 is 0 Å². The van der Waals surface area contributed by atoms with Crippen LogP contribution in [0.2, 0.25) is 0 Å². The van der Waals surface area contributed by atoms with Crippen molar-refractivity contribution in [2.24, 2.45) is 11.1 Å². The summed E-state index contributed by atoms with van der Waals surface area (Å²) in [7, 11) is -3.69. The van der Waals surface area contributed by atoms with E-state index in [1.165, 1.54) is 6.07 Å². The zero-order valence-electron chi connectivity index (χ0n) is 11.7. The van der Waals surface area contributed by atoms with Crippen molar-refractivity contribution >= 4 is 16.0 Å². The van der Waals surface area contributed by atoms with Gasteiger partial charge in [-0.05, 0) is 37.0 Å². The first-order chi connectivity index (χ1) is 9.86. The zero-order chi connectivity index (χ0) is 15.5. The molecular weight excluding hydrogens is 292 g/mol. The van der Waals surface area contributed by atoms with E-state index in [2.05, 4.69) is 5.32 Å². The molecule has 2 rings (SSSR count). The molecule has 1 aromatic carbocycles. The molecule has 7 heteroatoms. The first-order valence-electron chi connectivity index (χ1n) is 6.94. The Kier molecular flexibility index (Phi) is 4.97. The summed E-state index contributed by atoms with van der Waals surface area (Å²) in [5.74, 6) is -1.02. The van der Waals surface area contributed by atoms with Crippen molar-refractivity contribution in [3.63, 3.8) is 0 Å². The van der Waals surface area contributed by atoms with E-state index in [0.717, 1.165) is 24.8 Å². The number of carboxylic acid groups (broad SMARTS) is 1. The SMILES string of the molecule is NS(=O)(=O)c1cccc(CNC2CCCC(C(=O)O)C2)c1. The van der Waals surface area contributed by atoms with Crippen molar-refractivity contribution in [1.82, 2.24) is 5.32 Å². The average Bonchev–Trinajstić information content (AvgIpc) is 2.45. The summed E-state index contributed by atoms with van der Waals surface area (Å²) in [4.78, 5) is 11.1. The van der Waals surface area contributed by atoms with Crippen molar-refractivity contribution in [3.8, 4) is 0 Å². The van der Waals surface area contributed by atoms with Crippen LogP contribution in [0.1, 0.15) is 31.2 Å². The Labute approximate surface area is 124 Å². The van der Waals surface area contributed by atoms with Gasteiger partial charge in [-0.3, -0.25) is 4.79 Å². The van der Waals surface area contributed by atoms with Gasteiger partial charge in [-0.15, -0.1) is 0 Å². The van der Waals surface area contributed by atoms with Gasteiger partial charge in [0.05, 0.1) is 10.8 Å². The number of hydrogen-bond acceptors (Lipinski definition) is 4. The number of primary sulfonamides is 1. The van der Waals surface area contributed by atoms with Crippen LogP contribution in [0, 0.1) is 5.92 Å². The van der Waals surface area contributed by atoms with Crippen LogP contribution in [0.5, 0.6) is 0 Å². The zero-order valence-corrected chi connectivity index (χ0v) is 12.5. The standard InChI is InChI=1S/C14H20N2O4S/c15-21(19,20)13-6-1-3-10(7-13)9-16-12-5-2-4-11(8-12)14(17)18/h1,3,6-7,11-12,16H,2,4-5,8-9H2,(H,17,18)(H2,15,19,20). The molecule has 0 amide bonds. The largest absolute Gasteiger partial charge is 0.481 e. The summed E-state index contributed by atoms with van der Waals surface area (Å²) in [6, 6.07) is 6.62. The monoisotopic (exact) mass is 312 g/mol. The Morgan fingerprint density at radius 1 is 1.38 bits per heavy atom. The second-order valence-electron chi connectivity index (χ2n) is 5.47. The number of nitrogens with one attached hydrogen (secondary N) is 1. The lowest BCUT2D eigenvalue weighted by Crippen LogP contribution is -2.36. The fraction of sp³-hybridized carbons (Fsp3) is 0.500. The van der Waals surface area contributed by atoms with Crippen molar-refractivity contribution in [2.75, 3.05) is 0 Å². The van der Waals surface area contributed by atoms with E-state index < -0.39 is 16.0 Å². The quantitative estimate of drug-likeness (QED) is 0.753. The number of nitrogens with two attached hydrogens (primary N) is 1. The molecule has 1 saturated carbocycles. The van der Waals surface area contributed by atoms with Gasteiger partial charge in [0.15, 0.2) is 0 Å². The van der Waals surface area contributed by atoms with Gasteiger partial charge in [-0.2, -0.15) is 0 Å². The van der Waals surface area contributed by atoms with E-state index in [9.17, 15) is 13.2 Å². The highest BCUT2D eigenvalue weighted by Gasteiger charge is 2.26. The average molecular weight is 312 g/mol. The van der Waals surface area contributed by atoms with E-state index in [1.54, 1.807) is 12.1 Å². The molecule has 2 atom stereocenters. The van der Waals surface area contributed by atoms with E-state index in [1.807, 2.05) is 6.07 Å². The van der Waals surface area contributed by atoms with Gasteiger partial charge in [0.25, 0.3) is 0 Å². The number of aliphatic carboxylic acids is 1. The first kappa shape index (κ1) is 15.9. The predicted molar refractivity (Wildman–Crippen MR) is 78.0 cm³/mol. The minimum Gasteiger partial charge on any atom is -0.481 e. The maximum Gasteiger partial charge on any atom is 0.306 e. The topological polar surface area (TPSA) is 109 Å². The maximum atomic E-state index is 11.3. The lowest BCUT2D eigenvalue weighted by Gasteiger charge is -2.27. The van der Waals surface area contributed by atoms with Gasteiger partial charge in [0, 0.05) is 12.6 Å². The van der Waals surface area contributed by atoms with Gasteiger partial charge in [0.1, 0.15) is 0 Å². The number of hydrogen-bond donors (Lipinski definition) is 3. The molecule has 6 nitrogen and oxygen atoms in total. The highest BCUT2D eigenvalue weighted by atomic mass is 32.2. The van der Waals surface area contributed by atoms with Crippen molar-refractivity contribution in [3.05, 3.63) is 29.8 Å². The van der Waals surface area contributed by atoms with E-state index in [-0.39, 0.29) is 16.9 Å². The van der Waals surface area contributed by atoms with Crippen molar-refractivity contribution < 1.29 is 18.3 Å². The van der Waals surface area contributed by atoms with E-state index >= 15 is 0 Å². The molecule has 0 aromatic heterocycles. The molecule has 1 aliphatic carbocycles. The van der Waals surface area contributed by atoms with Gasteiger partial charge < -0.3 is 10.4 Å². The molecule has 0 radical (unpaired) electrons. The van der Waals surface area contributed by atoms with Crippen LogP contribution in [0.4, 0.5) is 0 Å². The summed E-state index contributed by atoms with van der Waals surface area (Å²) in [6.45, 7) is 0.500. The Morgan fingerprint density at radius 2 is 2.14 bits per heavy atom. The lowest BCUT2D eigenvalue weighted by molar-refractivity contribution is -0.143. The highest BCUT2D eigenvalue weighted by Crippen LogP contribution is 2.24. The van der Waals surface area contributed by atoms with Crippen LogP contribution in [0.25, 0.3) is 0 Å². The Morgan fingerprint density at radius 3 is 2.81 bits per heavy atom. The maximum absolute atomic E-state index is 11.3. The van der Waals surface area contributed by atoms with Gasteiger partial charge >= 0.3 is 5.97 Å². The number of carboxylic acids is 1. The number of benzene rings is 1. The minimum atomic E-state index is -3.69. The fourth-order valence-electron chi connectivity index (χ4n) is 2.69. The van der Waals surface area contributed by atoms with Crippen LogP contribution in [-0.2, 0) is 21.4 Å². The molecule has 0 spiro atoms. The van der Waals surface area contributed by atoms with E-state index in [4.69, 9.17) is 10.2 Å². The second kappa shape index (κ2) is 6.55. The van der Waals surface area contributed by atoms with Crippen molar-refractivity contribution in [1.29, 1.82) is 0 Å². The number of sulfonamides is 1. The number of rotatable bonds is 5. The first-order valence-corrected chi connectivity index (χ1v) is 8.49.